The van der Waals surface area contributed by atoms with Gasteiger partial charge in [-0.1, -0.05) is 70.2 Å². The monoisotopic (exact) mass is 835 g/mol. The van der Waals surface area contributed by atoms with E-state index in [-0.39, 0.29) is 44.4 Å². The molecule has 1 heterocycles. The highest BCUT2D eigenvalue weighted by atomic mass is 16.3. The molecule has 3 rings (SSSR count). The van der Waals surface area contributed by atoms with Crippen molar-refractivity contribution in [2.45, 2.75) is 122 Å². The number of primary amides is 1. The van der Waals surface area contributed by atoms with Crippen LogP contribution < -0.4 is 48.7 Å². The van der Waals surface area contributed by atoms with Crippen LogP contribution in [0.2, 0.25) is 0 Å². The lowest BCUT2D eigenvalue weighted by Gasteiger charge is -2.30. The molecular formula is C42H61N9O9. The van der Waals surface area contributed by atoms with Crippen molar-refractivity contribution in [1.29, 1.82) is 0 Å². The van der Waals surface area contributed by atoms with Crippen LogP contribution in [0.25, 0.3) is 0 Å². The van der Waals surface area contributed by atoms with Gasteiger partial charge in [-0.15, -0.1) is 0 Å². The molecule has 12 N–H and O–H groups in total. The molecule has 1 saturated heterocycles. The van der Waals surface area contributed by atoms with Gasteiger partial charge in [-0.3, -0.25) is 38.4 Å². The lowest BCUT2D eigenvalue weighted by molar-refractivity contribution is -0.136. The summed E-state index contributed by atoms with van der Waals surface area (Å²) in [5.74, 6) is -6.28. The minimum atomic E-state index is -1.36. The highest BCUT2D eigenvalue weighted by Crippen LogP contribution is 2.13. The van der Waals surface area contributed by atoms with E-state index in [1.165, 1.54) is 19.1 Å². The predicted octanol–water partition coefficient (Wildman–Crippen LogP) is -0.689. The molecule has 7 atom stereocenters. The molecule has 1 aliphatic rings. The van der Waals surface area contributed by atoms with Gasteiger partial charge in [-0.2, -0.15) is 0 Å². The van der Waals surface area contributed by atoms with Crippen LogP contribution in [0.5, 0.6) is 5.75 Å². The van der Waals surface area contributed by atoms with Gasteiger partial charge >= 0.3 is 0 Å². The van der Waals surface area contributed by atoms with Crippen LogP contribution in [0.4, 0.5) is 0 Å². The van der Waals surface area contributed by atoms with Crippen LogP contribution in [0.1, 0.15) is 77.8 Å². The lowest BCUT2D eigenvalue weighted by Crippen LogP contribution is -2.61. The van der Waals surface area contributed by atoms with Crippen molar-refractivity contribution in [2.75, 3.05) is 6.54 Å². The van der Waals surface area contributed by atoms with Crippen LogP contribution in [0, 0.1) is 11.8 Å². The van der Waals surface area contributed by atoms with Crippen LogP contribution >= 0.6 is 0 Å². The van der Waals surface area contributed by atoms with E-state index in [2.05, 4.69) is 37.2 Å². The van der Waals surface area contributed by atoms with Crippen LogP contribution in [-0.4, -0.2) is 101 Å². The Morgan fingerprint density at radius 3 is 1.90 bits per heavy atom. The smallest absolute Gasteiger partial charge is 0.243 e. The Hall–Kier alpha value is -6.04. The van der Waals surface area contributed by atoms with Crippen molar-refractivity contribution in [3.8, 4) is 5.75 Å². The molecule has 18 heteroatoms. The number of aromatic hydroxyl groups is 1. The number of amides is 8. The van der Waals surface area contributed by atoms with Crippen molar-refractivity contribution < 1.29 is 43.5 Å². The summed E-state index contributed by atoms with van der Waals surface area (Å²) in [6, 6.07) is 6.87. The van der Waals surface area contributed by atoms with Crippen molar-refractivity contribution in [1.82, 2.24) is 37.2 Å². The minimum absolute atomic E-state index is 0.0133. The molecule has 2 aromatic rings. The third kappa shape index (κ3) is 15.6. The third-order valence-electron chi connectivity index (χ3n) is 10.1. The second-order valence-electron chi connectivity index (χ2n) is 15.8. The topological polar surface area (TPSA) is 293 Å². The number of rotatable bonds is 13. The first-order chi connectivity index (χ1) is 28.4. The summed E-state index contributed by atoms with van der Waals surface area (Å²) in [6.07, 6.45) is 0.799. The van der Waals surface area contributed by atoms with E-state index in [1.807, 2.05) is 0 Å². The second-order valence-corrected chi connectivity index (χ2v) is 15.8. The van der Waals surface area contributed by atoms with E-state index in [1.54, 1.807) is 70.2 Å². The fraction of sp³-hybridized carbons (Fsp3) is 0.524. The van der Waals surface area contributed by atoms with Gasteiger partial charge in [-0.25, -0.2) is 0 Å². The molecule has 0 bridgehead atoms. The molecule has 0 unspecified atom stereocenters. The quantitative estimate of drug-likeness (QED) is 0.121. The summed E-state index contributed by atoms with van der Waals surface area (Å²) in [7, 11) is 0. The maximum Gasteiger partial charge on any atom is 0.243 e. The lowest BCUT2D eigenvalue weighted by atomic mass is 9.98. The summed E-state index contributed by atoms with van der Waals surface area (Å²) < 4.78 is 0. The molecule has 0 aliphatic carbocycles. The summed E-state index contributed by atoms with van der Waals surface area (Å²) in [5, 5.41) is 28.2. The van der Waals surface area contributed by atoms with Crippen LogP contribution in [0.15, 0.2) is 54.6 Å². The maximum atomic E-state index is 14.1. The number of phenolic OH excluding ortho intramolecular Hbond substituents is 1. The molecule has 2 aromatic carbocycles. The summed E-state index contributed by atoms with van der Waals surface area (Å²) in [6.45, 7) is 8.43. The molecule has 60 heavy (non-hydrogen) atoms. The normalized spacial score (nSPS) is 21.4. The highest BCUT2D eigenvalue weighted by Gasteiger charge is 2.35. The number of carbonyl (C=O) groups excluding carboxylic acids is 8. The zero-order valence-electron chi connectivity index (χ0n) is 34.9. The average Bonchev–Trinajstić information content (AvgIpc) is 3.19. The molecule has 8 amide bonds. The first-order valence-electron chi connectivity index (χ1n) is 20.3. The Bertz CT molecular complexity index is 1810. The Balaban J connectivity index is 1.85. The largest absolute Gasteiger partial charge is 0.508 e. The van der Waals surface area contributed by atoms with Crippen molar-refractivity contribution >= 4 is 47.3 Å². The molecule has 328 valence electrons. The number of hydrogen-bond donors (Lipinski definition) is 10. The van der Waals surface area contributed by atoms with Gasteiger partial charge in [0.1, 0.15) is 42.0 Å². The van der Waals surface area contributed by atoms with E-state index in [0.717, 1.165) is 0 Å². The molecule has 1 aliphatic heterocycles. The number of benzene rings is 2. The van der Waals surface area contributed by atoms with Gasteiger partial charge < -0.3 is 53.8 Å². The molecule has 0 radical (unpaired) electrons. The number of nitrogens with two attached hydrogens (primary N) is 2. The average molecular weight is 836 g/mol. The first-order valence-corrected chi connectivity index (χ1v) is 20.3. The van der Waals surface area contributed by atoms with E-state index in [4.69, 9.17) is 11.5 Å². The molecule has 0 spiro atoms. The standard InChI is InChI=1S/C42H61N9O9/c1-23(2)34-41(59)47-30(36(44)54)13-9-10-20-45-33(53)19-18-31(39(57)50-35(24(3)4)42(60)51-34)48-40(58)32(22-26-11-7-6-8-12-26)49-37(55)25(5)46-38(56)29(43)21-27-14-16-28(52)17-15-27/h6-8,11-12,14-17,23-25,29-32,34-35,52H,9-10,13,18-22,43H2,1-5H3,(H2,44,54)(H,45,53)(H,46,56)(H,47,59)(H,48,58)(H,49,55)(H,50,57)(H,51,60)/t25-,29+,30+,31+,32+,34+,35+/m1/s1. The zero-order chi connectivity index (χ0) is 44.5. The van der Waals surface area contributed by atoms with E-state index < -0.39 is 101 Å². The van der Waals surface area contributed by atoms with Gasteiger partial charge in [0.2, 0.25) is 47.3 Å². The fourth-order valence-electron chi connectivity index (χ4n) is 6.44. The predicted molar refractivity (Wildman–Crippen MR) is 222 cm³/mol. The Kier molecular flexibility index (Phi) is 18.9. The first kappa shape index (κ1) is 48.3. The number of phenols is 1. The van der Waals surface area contributed by atoms with Crippen LogP contribution in [-0.2, 0) is 51.2 Å². The Labute approximate surface area is 350 Å². The Morgan fingerprint density at radius 2 is 1.30 bits per heavy atom. The van der Waals surface area contributed by atoms with Crippen molar-refractivity contribution in [3.05, 3.63) is 65.7 Å². The van der Waals surface area contributed by atoms with Crippen molar-refractivity contribution in [2.24, 2.45) is 23.3 Å². The van der Waals surface area contributed by atoms with E-state index in [0.29, 0.717) is 24.0 Å². The van der Waals surface area contributed by atoms with Gasteiger partial charge in [0.15, 0.2) is 0 Å². The van der Waals surface area contributed by atoms with Gasteiger partial charge in [-0.05, 0) is 74.1 Å². The third-order valence-corrected chi connectivity index (χ3v) is 10.1. The van der Waals surface area contributed by atoms with Gasteiger partial charge in [0.05, 0.1) is 6.04 Å². The summed E-state index contributed by atoms with van der Waals surface area (Å²) in [5.41, 5.74) is 13.0. The van der Waals surface area contributed by atoms with E-state index in [9.17, 15) is 43.5 Å². The van der Waals surface area contributed by atoms with Gasteiger partial charge in [0, 0.05) is 19.4 Å². The van der Waals surface area contributed by atoms with Crippen LogP contribution in [0.3, 0.4) is 0 Å². The molecule has 1 fully saturated rings. The Morgan fingerprint density at radius 1 is 0.717 bits per heavy atom. The zero-order valence-corrected chi connectivity index (χ0v) is 34.9. The van der Waals surface area contributed by atoms with Crippen molar-refractivity contribution in [3.63, 3.8) is 0 Å². The molecule has 0 aromatic heterocycles. The minimum Gasteiger partial charge on any atom is -0.508 e. The highest BCUT2D eigenvalue weighted by molar-refractivity contribution is 5.97. The summed E-state index contributed by atoms with van der Waals surface area (Å²) >= 11 is 0. The van der Waals surface area contributed by atoms with E-state index >= 15 is 0 Å². The van der Waals surface area contributed by atoms with Gasteiger partial charge in [0.25, 0.3) is 0 Å². The fourth-order valence-corrected chi connectivity index (χ4v) is 6.44. The summed E-state index contributed by atoms with van der Waals surface area (Å²) in [4.78, 5) is 107. The number of hydrogen-bond acceptors (Lipinski definition) is 10. The maximum absolute atomic E-state index is 14.1. The molecule has 0 saturated carbocycles. The second kappa shape index (κ2) is 23.5. The number of nitrogens with one attached hydrogen (secondary N) is 7. The molecular weight excluding hydrogens is 775 g/mol. The number of carbonyl (C=O) groups is 8. The SMILES string of the molecule is CC(C)[C@@H]1NC(=O)[C@@H](NC(=O)[C@H](Cc2ccccc2)NC(=O)[C@@H](C)NC(=O)[C@@H](N)Cc2ccc(O)cc2)CCC(=O)NCCCC[C@@H](C(N)=O)NC(=O)[C@H](C(C)C)NC1=O. The molecule has 18 nitrogen and oxygen atoms in total.